The van der Waals surface area contributed by atoms with Crippen LogP contribution in [0.4, 0.5) is 0 Å². The van der Waals surface area contributed by atoms with E-state index < -0.39 is 0 Å². The van der Waals surface area contributed by atoms with Gasteiger partial charge in [0.25, 0.3) is 0 Å². The van der Waals surface area contributed by atoms with E-state index in [9.17, 15) is 0 Å². The van der Waals surface area contributed by atoms with E-state index in [1.165, 1.54) is 0 Å². The van der Waals surface area contributed by atoms with Crippen LogP contribution in [0.25, 0.3) is 55.6 Å². The van der Waals surface area contributed by atoms with Crippen LogP contribution in [0.2, 0.25) is 0 Å². The molecule has 7 aromatic rings. The van der Waals surface area contributed by atoms with Crippen LogP contribution in [-0.4, -0.2) is 15.0 Å². The predicted octanol–water partition coefficient (Wildman–Crippen LogP) is 7.48. The first kappa shape index (κ1) is 22.7. The minimum absolute atomic E-state index is 0. The molecular weight excluding hydrogens is 611 g/mol. The molecule has 4 aromatic carbocycles. The predicted molar refractivity (Wildman–Crippen MR) is 136 cm³/mol. The first-order chi connectivity index (χ1) is 16.9. The molecule has 0 spiro atoms. The standard InChI is InChI=1S/C19H11N2O.C11H8N.Ir/c1-4-11-17-12(6-1)13-7-5-8-14(18(13)22-17)19-20-15-9-2-3-10-16(15)21-19;1-2-6-10(7-3-1)11-8-4-5-9-12-11;/h1-7,9-11H,(H,20,21);1-6,8-9H;/q2*-1;. The van der Waals surface area contributed by atoms with Crippen LogP contribution < -0.4 is 0 Å². The second-order valence-corrected chi connectivity index (χ2v) is 7.79. The Morgan fingerprint density at radius 3 is 2.37 bits per heavy atom. The van der Waals surface area contributed by atoms with E-state index >= 15 is 0 Å². The van der Waals surface area contributed by atoms with E-state index in [1.807, 2.05) is 97.1 Å². The zero-order valence-electron chi connectivity index (χ0n) is 18.5. The smallest absolute Gasteiger partial charge is 0.120 e. The number of furan rings is 1. The van der Waals surface area contributed by atoms with Gasteiger partial charge in [0.05, 0.1) is 22.4 Å². The fourth-order valence-electron chi connectivity index (χ4n) is 4.01. The van der Waals surface area contributed by atoms with Crippen LogP contribution in [-0.2, 0) is 20.1 Å². The fourth-order valence-corrected chi connectivity index (χ4v) is 4.01. The molecule has 0 bridgehead atoms. The Morgan fingerprint density at radius 1 is 0.714 bits per heavy atom. The van der Waals surface area contributed by atoms with Crippen molar-refractivity contribution in [2.24, 2.45) is 0 Å². The van der Waals surface area contributed by atoms with Gasteiger partial charge in [0.1, 0.15) is 5.58 Å². The van der Waals surface area contributed by atoms with Crippen molar-refractivity contribution in [2.75, 3.05) is 0 Å². The van der Waals surface area contributed by atoms with E-state index in [0.29, 0.717) is 0 Å². The van der Waals surface area contributed by atoms with E-state index in [2.05, 4.69) is 33.2 Å². The maximum absolute atomic E-state index is 6.04. The second kappa shape index (κ2) is 10.1. The average molecular weight is 630 g/mol. The molecule has 3 aromatic heterocycles. The molecule has 0 aliphatic rings. The van der Waals surface area contributed by atoms with E-state index in [4.69, 9.17) is 4.42 Å². The van der Waals surface area contributed by atoms with Gasteiger partial charge in [-0.25, -0.2) is 0 Å². The number of fused-ring (bicyclic) bond motifs is 4. The van der Waals surface area contributed by atoms with Gasteiger partial charge in [0.2, 0.25) is 0 Å². The Morgan fingerprint density at radius 2 is 1.54 bits per heavy atom. The van der Waals surface area contributed by atoms with Crippen LogP contribution in [0.1, 0.15) is 0 Å². The fraction of sp³-hybridized carbons (Fsp3) is 0. The summed E-state index contributed by atoms with van der Waals surface area (Å²) in [5.41, 5.74) is 6.54. The van der Waals surface area contributed by atoms with Gasteiger partial charge < -0.3 is 14.4 Å². The van der Waals surface area contributed by atoms with Gasteiger partial charge in [-0.15, -0.1) is 54.1 Å². The summed E-state index contributed by atoms with van der Waals surface area (Å²) in [6, 6.07) is 40.1. The van der Waals surface area contributed by atoms with Crippen molar-refractivity contribution in [3.05, 3.63) is 121 Å². The molecule has 5 heteroatoms. The van der Waals surface area contributed by atoms with Crippen LogP contribution >= 0.6 is 0 Å². The van der Waals surface area contributed by atoms with Gasteiger partial charge in [-0.1, -0.05) is 53.4 Å². The van der Waals surface area contributed by atoms with Crippen molar-refractivity contribution < 1.29 is 24.5 Å². The number of imidazole rings is 1. The Labute approximate surface area is 216 Å². The molecule has 1 radical (unpaired) electrons. The number of H-pyrrole nitrogens is 1. The molecule has 4 nitrogen and oxygen atoms in total. The minimum atomic E-state index is 0. The van der Waals surface area contributed by atoms with Crippen LogP contribution in [0.3, 0.4) is 0 Å². The number of nitrogens with one attached hydrogen (secondary N) is 1. The Hall–Kier alpha value is -4.05. The van der Waals surface area contributed by atoms with E-state index in [0.717, 1.165) is 55.6 Å². The summed E-state index contributed by atoms with van der Waals surface area (Å²) < 4.78 is 6.04. The third-order valence-corrected chi connectivity index (χ3v) is 5.61. The topological polar surface area (TPSA) is 54.7 Å². The average Bonchev–Trinajstić information content (AvgIpc) is 3.52. The van der Waals surface area contributed by atoms with Crippen LogP contribution in [0, 0.1) is 12.1 Å². The number of aromatic nitrogens is 3. The van der Waals surface area contributed by atoms with Gasteiger partial charge >= 0.3 is 0 Å². The number of hydrogen-bond acceptors (Lipinski definition) is 3. The summed E-state index contributed by atoms with van der Waals surface area (Å²) >= 11 is 0. The molecule has 7 rings (SSSR count). The van der Waals surface area contributed by atoms with Crippen molar-refractivity contribution in [1.29, 1.82) is 0 Å². The molecule has 3 heterocycles. The van der Waals surface area contributed by atoms with Crippen molar-refractivity contribution in [1.82, 2.24) is 15.0 Å². The molecule has 0 saturated heterocycles. The molecule has 35 heavy (non-hydrogen) atoms. The first-order valence-corrected chi connectivity index (χ1v) is 11.0. The molecule has 0 saturated carbocycles. The van der Waals surface area contributed by atoms with Crippen LogP contribution in [0.15, 0.2) is 114 Å². The quantitative estimate of drug-likeness (QED) is 0.202. The molecule has 0 aliphatic heterocycles. The molecule has 1 N–H and O–H groups in total. The number of pyridine rings is 1. The number of benzene rings is 4. The normalized spacial score (nSPS) is 10.6. The number of para-hydroxylation sites is 3. The summed E-state index contributed by atoms with van der Waals surface area (Å²) in [6.07, 6.45) is 1.79. The second-order valence-electron chi connectivity index (χ2n) is 7.79. The Balaban J connectivity index is 0.000000167. The summed E-state index contributed by atoms with van der Waals surface area (Å²) in [5, 5.41) is 2.20. The molecule has 0 atom stereocenters. The van der Waals surface area contributed by atoms with E-state index in [-0.39, 0.29) is 20.1 Å². The maximum atomic E-state index is 6.04. The number of hydrogen-bond donors (Lipinski definition) is 1. The number of rotatable bonds is 2. The van der Waals surface area contributed by atoms with Gasteiger partial charge in [-0.3, -0.25) is 4.98 Å². The zero-order valence-corrected chi connectivity index (χ0v) is 20.9. The number of nitrogens with zero attached hydrogens (tertiary/aromatic N) is 2. The van der Waals surface area contributed by atoms with Gasteiger partial charge in [-0.05, 0) is 30.0 Å². The first-order valence-electron chi connectivity index (χ1n) is 11.0. The Bertz CT molecular complexity index is 1640. The van der Waals surface area contributed by atoms with Gasteiger partial charge in [0.15, 0.2) is 0 Å². The Kier molecular flexibility index (Phi) is 6.53. The van der Waals surface area contributed by atoms with Crippen LogP contribution in [0.5, 0.6) is 0 Å². The summed E-state index contributed by atoms with van der Waals surface area (Å²) in [6.45, 7) is 0. The van der Waals surface area contributed by atoms with E-state index in [1.54, 1.807) is 6.20 Å². The third kappa shape index (κ3) is 4.52. The minimum Gasteiger partial charge on any atom is -0.501 e. The number of aromatic amines is 1. The summed E-state index contributed by atoms with van der Waals surface area (Å²) in [4.78, 5) is 12.2. The summed E-state index contributed by atoms with van der Waals surface area (Å²) in [7, 11) is 0. The maximum Gasteiger partial charge on any atom is 0.120 e. The molecule has 0 aliphatic carbocycles. The molecule has 0 unspecified atom stereocenters. The molecule has 0 amide bonds. The summed E-state index contributed by atoms with van der Waals surface area (Å²) in [5.74, 6) is 0.783. The molecule has 0 fully saturated rings. The van der Waals surface area contributed by atoms with Crippen molar-refractivity contribution in [3.8, 4) is 22.6 Å². The van der Waals surface area contributed by atoms with Gasteiger partial charge in [0, 0.05) is 31.7 Å². The van der Waals surface area contributed by atoms with Crippen molar-refractivity contribution >= 4 is 33.0 Å². The third-order valence-electron chi connectivity index (χ3n) is 5.61. The van der Waals surface area contributed by atoms with Gasteiger partial charge in [-0.2, -0.15) is 0 Å². The molecular formula is C30H19IrN3O-2. The van der Waals surface area contributed by atoms with Crippen molar-refractivity contribution in [3.63, 3.8) is 0 Å². The SMILES string of the molecule is [Ir].[c-]1ccc2c(oc3ccccc32)c1-c1nc2ccccc2[nH]1.[c-]1ccccc1-c1ccccn1. The largest absolute Gasteiger partial charge is 0.501 e. The zero-order chi connectivity index (χ0) is 22.7. The van der Waals surface area contributed by atoms with Crippen molar-refractivity contribution in [2.45, 2.75) is 0 Å². The monoisotopic (exact) mass is 630 g/mol. The molecule has 171 valence electrons.